The number of aryl methyl sites for hydroxylation is 1. The Morgan fingerprint density at radius 1 is 1.19 bits per heavy atom. The minimum absolute atomic E-state index is 0.233. The van der Waals surface area contributed by atoms with Crippen molar-refractivity contribution in [3.05, 3.63) is 53.5 Å². The molecule has 3 rings (SSSR count). The number of benzene rings is 1. The molecule has 5 heteroatoms. The first-order valence-electron chi connectivity index (χ1n) is 7.00. The van der Waals surface area contributed by atoms with E-state index >= 15 is 0 Å². The Morgan fingerprint density at radius 2 is 2.00 bits per heavy atom. The van der Waals surface area contributed by atoms with E-state index in [1.54, 1.807) is 6.20 Å². The minimum Gasteiger partial charge on any atom is -0.464 e. The highest BCUT2D eigenvalue weighted by Crippen LogP contribution is 2.22. The molecule has 0 bridgehead atoms. The maximum Gasteiger partial charge on any atom is 0.358 e. The summed E-state index contributed by atoms with van der Waals surface area (Å²) >= 11 is 0. The molecule has 0 saturated carbocycles. The van der Waals surface area contributed by atoms with Gasteiger partial charge in [0.1, 0.15) is 5.82 Å². The predicted octanol–water partition coefficient (Wildman–Crippen LogP) is 2.22. The molecule has 0 amide bonds. The number of methoxy groups -OCH3 is 1. The van der Waals surface area contributed by atoms with Crippen LogP contribution in [0.3, 0.4) is 0 Å². The quantitative estimate of drug-likeness (QED) is 0.791. The molecule has 0 N–H and O–H groups in total. The van der Waals surface area contributed by atoms with Gasteiger partial charge in [-0.05, 0) is 24.0 Å². The second-order valence-electron chi connectivity index (χ2n) is 5.05. The number of nitrogens with zero attached hydrogens (tertiary/aromatic N) is 3. The number of ether oxygens (including phenoxy) is 1. The van der Waals surface area contributed by atoms with Crippen LogP contribution in [0, 0.1) is 0 Å². The molecule has 1 aliphatic heterocycles. The lowest BCUT2D eigenvalue weighted by Gasteiger charge is -2.21. The van der Waals surface area contributed by atoms with E-state index in [4.69, 9.17) is 0 Å². The molecule has 0 unspecified atom stereocenters. The van der Waals surface area contributed by atoms with E-state index in [9.17, 15) is 4.79 Å². The van der Waals surface area contributed by atoms with Crippen molar-refractivity contribution in [2.45, 2.75) is 19.4 Å². The van der Waals surface area contributed by atoms with Crippen LogP contribution in [0.1, 0.15) is 28.0 Å². The normalized spacial score (nSPS) is 14.2. The topological polar surface area (TPSA) is 55.3 Å². The van der Waals surface area contributed by atoms with Crippen molar-refractivity contribution in [2.24, 2.45) is 0 Å². The van der Waals surface area contributed by atoms with Gasteiger partial charge in [0, 0.05) is 13.1 Å². The lowest BCUT2D eigenvalue weighted by molar-refractivity contribution is 0.0593. The summed E-state index contributed by atoms with van der Waals surface area (Å²) in [6.07, 6.45) is 5.27. The number of aromatic nitrogens is 2. The summed E-state index contributed by atoms with van der Waals surface area (Å²) in [5.41, 5.74) is 2.96. The molecule has 5 nitrogen and oxygen atoms in total. The summed E-state index contributed by atoms with van der Waals surface area (Å²) in [7, 11) is 1.34. The van der Waals surface area contributed by atoms with E-state index in [0.29, 0.717) is 0 Å². The first-order chi connectivity index (χ1) is 10.3. The number of hydrogen-bond acceptors (Lipinski definition) is 5. The van der Waals surface area contributed by atoms with Crippen molar-refractivity contribution in [3.8, 4) is 0 Å². The molecule has 2 heterocycles. The van der Waals surface area contributed by atoms with Crippen LogP contribution in [0.4, 0.5) is 5.82 Å². The van der Waals surface area contributed by atoms with Crippen LogP contribution < -0.4 is 4.90 Å². The number of hydrogen-bond donors (Lipinski definition) is 0. The summed E-state index contributed by atoms with van der Waals surface area (Å²) in [5.74, 6) is 0.328. The van der Waals surface area contributed by atoms with Crippen molar-refractivity contribution in [1.82, 2.24) is 9.97 Å². The third-order valence-corrected chi connectivity index (χ3v) is 3.71. The smallest absolute Gasteiger partial charge is 0.358 e. The first-order valence-corrected chi connectivity index (χ1v) is 7.00. The maximum atomic E-state index is 11.4. The zero-order chi connectivity index (χ0) is 14.7. The molecule has 0 spiro atoms. The van der Waals surface area contributed by atoms with Gasteiger partial charge in [0.2, 0.25) is 0 Å². The Hall–Kier alpha value is -2.43. The van der Waals surface area contributed by atoms with Gasteiger partial charge in [0.15, 0.2) is 5.69 Å². The maximum absolute atomic E-state index is 11.4. The van der Waals surface area contributed by atoms with Crippen molar-refractivity contribution < 1.29 is 9.53 Å². The van der Waals surface area contributed by atoms with E-state index in [-0.39, 0.29) is 5.69 Å². The highest BCUT2D eigenvalue weighted by atomic mass is 16.5. The van der Waals surface area contributed by atoms with Gasteiger partial charge in [-0.15, -0.1) is 0 Å². The summed E-state index contributed by atoms with van der Waals surface area (Å²) in [5, 5.41) is 0. The number of fused-ring (bicyclic) bond motifs is 1. The number of esters is 1. The number of carbonyl (C=O) groups excluding carboxylic acids is 1. The predicted molar refractivity (Wildman–Crippen MR) is 79.2 cm³/mol. The number of rotatable bonds is 2. The molecule has 1 aliphatic rings. The fraction of sp³-hybridized carbons (Fsp3) is 0.312. The Bertz CT molecular complexity index is 640. The molecule has 0 atom stereocenters. The van der Waals surface area contributed by atoms with Gasteiger partial charge in [-0.3, -0.25) is 0 Å². The van der Waals surface area contributed by atoms with E-state index in [1.165, 1.54) is 24.4 Å². The zero-order valence-corrected chi connectivity index (χ0v) is 12.0. The van der Waals surface area contributed by atoms with Crippen LogP contribution in [0.5, 0.6) is 0 Å². The van der Waals surface area contributed by atoms with Gasteiger partial charge in [-0.25, -0.2) is 14.8 Å². The lowest BCUT2D eigenvalue weighted by Crippen LogP contribution is -2.24. The first kappa shape index (κ1) is 13.5. The van der Waals surface area contributed by atoms with Crippen LogP contribution in [-0.2, 0) is 17.7 Å². The standard InChI is InChI=1S/C16H17N3O2/c1-21-16(20)14-9-18-15(10-17-14)19-8-4-7-12-5-2-3-6-13(12)11-19/h2-3,5-6,9-10H,4,7-8,11H2,1H3. The monoisotopic (exact) mass is 283 g/mol. The zero-order valence-electron chi connectivity index (χ0n) is 12.0. The largest absolute Gasteiger partial charge is 0.464 e. The van der Waals surface area contributed by atoms with Gasteiger partial charge < -0.3 is 9.64 Å². The molecule has 0 aliphatic carbocycles. The molecule has 0 radical (unpaired) electrons. The Kier molecular flexibility index (Phi) is 3.81. The molecular formula is C16H17N3O2. The van der Waals surface area contributed by atoms with E-state index in [0.717, 1.165) is 31.7 Å². The van der Waals surface area contributed by atoms with Crippen molar-refractivity contribution in [2.75, 3.05) is 18.6 Å². The SMILES string of the molecule is COC(=O)c1cnc(N2CCCc3ccccc3C2)cn1. The molecule has 108 valence electrons. The van der Waals surface area contributed by atoms with Crippen molar-refractivity contribution >= 4 is 11.8 Å². The summed E-state index contributed by atoms with van der Waals surface area (Å²) < 4.78 is 4.63. The van der Waals surface area contributed by atoms with Crippen LogP contribution >= 0.6 is 0 Å². The van der Waals surface area contributed by atoms with Crippen molar-refractivity contribution in [3.63, 3.8) is 0 Å². The lowest BCUT2D eigenvalue weighted by atomic mass is 10.0. The Balaban J connectivity index is 1.82. The van der Waals surface area contributed by atoms with Gasteiger partial charge in [-0.1, -0.05) is 24.3 Å². The fourth-order valence-corrected chi connectivity index (χ4v) is 2.59. The van der Waals surface area contributed by atoms with Crippen LogP contribution in [0.15, 0.2) is 36.7 Å². The molecule has 1 aromatic carbocycles. The van der Waals surface area contributed by atoms with E-state index in [2.05, 4.69) is 43.9 Å². The molecule has 1 aromatic heterocycles. The van der Waals surface area contributed by atoms with E-state index in [1.807, 2.05) is 0 Å². The van der Waals surface area contributed by atoms with Gasteiger partial charge >= 0.3 is 5.97 Å². The molecule has 21 heavy (non-hydrogen) atoms. The second kappa shape index (κ2) is 5.91. The van der Waals surface area contributed by atoms with Crippen molar-refractivity contribution in [1.29, 1.82) is 0 Å². The van der Waals surface area contributed by atoms with Gasteiger partial charge in [0.05, 0.1) is 19.5 Å². The third kappa shape index (κ3) is 2.86. The number of carbonyl (C=O) groups is 1. The Labute approximate surface area is 123 Å². The molecule has 0 fully saturated rings. The molecule has 2 aromatic rings. The highest BCUT2D eigenvalue weighted by molar-refractivity contribution is 5.86. The number of anilines is 1. The van der Waals surface area contributed by atoms with Crippen LogP contribution in [0.2, 0.25) is 0 Å². The summed E-state index contributed by atoms with van der Waals surface area (Å²) in [6.45, 7) is 1.75. The second-order valence-corrected chi connectivity index (χ2v) is 5.05. The molecular weight excluding hydrogens is 266 g/mol. The molecule has 0 saturated heterocycles. The summed E-state index contributed by atoms with van der Waals surface area (Å²) in [4.78, 5) is 22.1. The van der Waals surface area contributed by atoms with Crippen LogP contribution in [-0.4, -0.2) is 29.6 Å². The average molecular weight is 283 g/mol. The van der Waals surface area contributed by atoms with Crippen LogP contribution in [0.25, 0.3) is 0 Å². The fourth-order valence-electron chi connectivity index (χ4n) is 2.59. The van der Waals surface area contributed by atoms with Gasteiger partial charge in [-0.2, -0.15) is 0 Å². The minimum atomic E-state index is -0.463. The van der Waals surface area contributed by atoms with Gasteiger partial charge in [0.25, 0.3) is 0 Å². The average Bonchev–Trinajstić information content (AvgIpc) is 2.76. The van der Waals surface area contributed by atoms with E-state index < -0.39 is 5.97 Å². The Morgan fingerprint density at radius 3 is 2.71 bits per heavy atom. The highest BCUT2D eigenvalue weighted by Gasteiger charge is 2.16. The third-order valence-electron chi connectivity index (χ3n) is 3.71. The summed E-state index contributed by atoms with van der Waals surface area (Å²) in [6, 6.07) is 8.49.